The number of carboxylic acids is 1. The number of carbonyl (C=O) groups excluding carboxylic acids is 1. The predicted molar refractivity (Wildman–Crippen MR) is 125 cm³/mol. The van der Waals surface area contributed by atoms with Crippen LogP contribution < -0.4 is 15.4 Å². The first-order valence-corrected chi connectivity index (χ1v) is 10.4. The lowest BCUT2D eigenvalue weighted by molar-refractivity contribution is -0.115. The molecule has 11 heteroatoms. The van der Waals surface area contributed by atoms with E-state index in [2.05, 4.69) is 42.5 Å². The Labute approximate surface area is 198 Å². The van der Waals surface area contributed by atoms with Crippen LogP contribution >= 0.6 is 67.3 Å². The van der Waals surface area contributed by atoms with E-state index in [9.17, 15) is 14.7 Å². The van der Waals surface area contributed by atoms with Crippen molar-refractivity contribution < 1.29 is 19.4 Å². The van der Waals surface area contributed by atoms with Crippen molar-refractivity contribution in [1.82, 2.24) is 5.32 Å². The van der Waals surface area contributed by atoms with E-state index in [1.54, 1.807) is 12.1 Å². The number of aromatic carboxylic acids is 1. The molecule has 0 atom stereocenters. The van der Waals surface area contributed by atoms with Crippen molar-refractivity contribution >= 4 is 96.0 Å². The van der Waals surface area contributed by atoms with E-state index >= 15 is 0 Å². The Morgan fingerprint density at radius 1 is 1.21 bits per heavy atom. The van der Waals surface area contributed by atoms with E-state index in [-0.39, 0.29) is 26.4 Å². The highest BCUT2D eigenvalue weighted by Gasteiger charge is 2.17. The normalized spacial score (nSPS) is 10.7. The zero-order valence-electron chi connectivity index (χ0n) is 14.6. The molecular weight excluding hydrogens is 571 g/mol. The van der Waals surface area contributed by atoms with Gasteiger partial charge in [-0.05, 0) is 58.5 Å². The summed E-state index contributed by atoms with van der Waals surface area (Å²) in [7, 11) is 1.51. The van der Waals surface area contributed by atoms with Gasteiger partial charge < -0.3 is 15.2 Å². The summed E-state index contributed by atoms with van der Waals surface area (Å²) >= 11 is 23.7. The van der Waals surface area contributed by atoms with E-state index in [1.165, 1.54) is 25.3 Å². The first-order valence-electron chi connectivity index (χ1n) is 7.67. The quantitative estimate of drug-likeness (QED) is 0.307. The van der Waals surface area contributed by atoms with Crippen LogP contribution in [0.4, 0.5) is 5.69 Å². The molecule has 0 radical (unpaired) electrons. The number of hydrogen-bond donors (Lipinski definition) is 3. The van der Waals surface area contributed by atoms with Crippen LogP contribution in [0.2, 0.25) is 10.0 Å². The van der Waals surface area contributed by atoms with Crippen molar-refractivity contribution in [3.05, 3.63) is 60.5 Å². The molecule has 0 aliphatic heterocycles. The maximum atomic E-state index is 12.2. The summed E-state index contributed by atoms with van der Waals surface area (Å²) in [5.74, 6) is -1.24. The molecule has 2 rings (SSSR count). The van der Waals surface area contributed by atoms with Gasteiger partial charge in [0.15, 0.2) is 5.11 Å². The van der Waals surface area contributed by atoms with E-state index in [1.807, 2.05) is 6.07 Å². The van der Waals surface area contributed by atoms with E-state index in [4.69, 9.17) is 40.2 Å². The molecule has 0 saturated carbocycles. The third-order valence-electron chi connectivity index (χ3n) is 3.42. The fourth-order valence-corrected chi connectivity index (χ4v) is 4.42. The summed E-state index contributed by atoms with van der Waals surface area (Å²) in [5, 5.41) is 14.4. The van der Waals surface area contributed by atoms with Crippen molar-refractivity contribution in [3.8, 4) is 5.75 Å². The fraction of sp³-hybridized carbons (Fsp3) is 0.0556. The van der Waals surface area contributed by atoms with Crippen LogP contribution in [-0.2, 0) is 4.79 Å². The summed E-state index contributed by atoms with van der Waals surface area (Å²) in [4.78, 5) is 23.6. The van der Waals surface area contributed by atoms with Crippen LogP contribution in [0.1, 0.15) is 15.9 Å². The van der Waals surface area contributed by atoms with E-state index in [0.717, 1.165) is 4.47 Å². The highest BCUT2D eigenvalue weighted by molar-refractivity contribution is 9.11. The number of ether oxygens (including phenoxy) is 1. The number of methoxy groups -OCH3 is 1. The van der Waals surface area contributed by atoms with Gasteiger partial charge in [0.2, 0.25) is 5.91 Å². The Balaban J connectivity index is 2.14. The minimum atomic E-state index is -1.25. The molecule has 0 aliphatic carbocycles. The maximum Gasteiger partial charge on any atom is 0.337 e. The standard InChI is InChI=1S/C18H12Br2Cl2N2O4S/c1-28-16-8(4-9(19)5-12(16)20)2-3-14(25)23-18(29)24-15-11(17(26)27)6-10(21)7-13(15)22/h2-7H,1H3,(H,26,27)(H2,23,24,25,29). The van der Waals surface area contributed by atoms with Crippen LogP contribution in [0.15, 0.2) is 39.3 Å². The van der Waals surface area contributed by atoms with Gasteiger partial charge in [0.1, 0.15) is 5.75 Å². The Kier molecular flexibility index (Phi) is 8.47. The minimum absolute atomic E-state index is 0.0236. The number of rotatable bonds is 5. The second-order valence-corrected chi connectivity index (χ2v) is 8.42. The highest BCUT2D eigenvalue weighted by atomic mass is 79.9. The molecule has 0 heterocycles. The maximum absolute atomic E-state index is 12.2. The zero-order chi connectivity index (χ0) is 21.7. The summed E-state index contributed by atoms with van der Waals surface area (Å²) in [5.41, 5.74) is 0.491. The van der Waals surface area contributed by atoms with E-state index in [0.29, 0.717) is 15.8 Å². The zero-order valence-corrected chi connectivity index (χ0v) is 20.1. The number of carbonyl (C=O) groups is 2. The molecule has 3 N–H and O–H groups in total. The van der Waals surface area contributed by atoms with Gasteiger partial charge in [-0.3, -0.25) is 10.1 Å². The van der Waals surface area contributed by atoms with Gasteiger partial charge >= 0.3 is 5.97 Å². The topological polar surface area (TPSA) is 87.7 Å². The van der Waals surface area contributed by atoms with Crippen molar-refractivity contribution in [2.45, 2.75) is 0 Å². The molecule has 0 aliphatic rings. The van der Waals surface area contributed by atoms with Gasteiger partial charge in [-0.15, -0.1) is 0 Å². The van der Waals surface area contributed by atoms with Crippen molar-refractivity contribution in [3.63, 3.8) is 0 Å². The summed E-state index contributed by atoms with van der Waals surface area (Å²) in [6.45, 7) is 0. The van der Waals surface area contributed by atoms with Crippen molar-refractivity contribution in [1.29, 1.82) is 0 Å². The monoisotopic (exact) mass is 580 g/mol. The highest BCUT2D eigenvalue weighted by Crippen LogP contribution is 2.33. The smallest absolute Gasteiger partial charge is 0.337 e. The van der Waals surface area contributed by atoms with Crippen LogP contribution in [0, 0.1) is 0 Å². The number of benzene rings is 2. The molecule has 1 amide bonds. The van der Waals surface area contributed by atoms with Gasteiger partial charge in [0, 0.05) is 21.1 Å². The molecule has 29 heavy (non-hydrogen) atoms. The summed E-state index contributed by atoms with van der Waals surface area (Å²) in [6, 6.07) is 6.17. The second kappa shape index (κ2) is 10.4. The van der Waals surface area contributed by atoms with Gasteiger partial charge in [-0.1, -0.05) is 39.1 Å². The van der Waals surface area contributed by atoms with E-state index < -0.39 is 11.9 Å². The summed E-state index contributed by atoms with van der Waals surface area (Å²) < 4.78 is 6.82. The molecule has 0 unspecified atom stereocenters. The first kappa shape index (κ1) is 23.6. The number of hydrogen-bond acceptors (Lipinski definition) is 4. The van der Waals surface area contributed by atoms with Gasteiger partial charge in [-0.2, -0.15) is 0 Å². The molecule has 2 aromatic rings. The molecule has 0 bridgehead atoms. The third-order valence-corrected chi connectivity index (χ3v) is 5.18. The largest absolute Gasteiger partial charge is 0.495 e. The molecule has 0 spiro atoms. The first-order chi connectivity index (χ1) is 13.6. The van der Waals surface area contributed by atoms with Crippen molar-refractivity contribution in [2.24, 2.45) is 0 Å². The number of nitrogens with one attached hydrogen (secondary N) is 2. The molecule has 2 aromatic carbocycles. The Hall–Kier alpha value is -1.65. The van der Waals surface area contributed by atoms with Crippen LogP contribution in [-0.4, -0.2) is 29.2 Å². The average molecular weight is 583 g/mol. The van der Waals surface area contributed by atoms with Gasteiger partial charge in [0.05, 0.1) is 27.9 Å². The Bertz CT molecular complexity index is 1030. The van der Waals surface area contributed by atoms with Crippen LogP contribution in [0.5, 0.6) is 5.75 Å². The Morgan fingerprint density at radius 2 is 1.90 bits per heavy atom. The second-order valence-electron chi connectivity index (χ2n) is 5.40. The molecule has 0 aromatic heterocycles. The Morgan fingerprint density at radius 3 is 2.52 bits per heavy atom. The molecule has 0 saturated heterocycles. The average Bonchev–Trinajstić information content (AvgIpc) is 2.61. The van der Waals surface area contributed by atoms with Gasteiger partial charge in [-0.25, -0.2) is 4.79 Å². The van der Waals surface area contributed by atoms with Crippen LogP contribution in [0.3, 0.4) is 0 Å². The number of halogens is 4. The number of anilines is 1. The van der Waals surface area contributed by atoms with Gasteiger partial charge in [0.25, 0.3) is 0 Å². The lowest BCUT2D eigenvalue weighted by Gasteiger charge is -2.13. The molecule has 152 valence electrons. The van der Waals surface area contributed by atoms with Crippen molar-refractivity contribution in [2.75, 3.05) is 12.4 Å². The number of carboxylic acid groups (broad SMARTS) is 1. The number of amides is 1. The number of thiocarbonyl (C=S) groups is 1. The molecular formula is C18H12Br2Cl2N2O4S. The molecule has 6 nitrogen and oxygen atoms in total. The third kappa shape index (κ3) is 6.42. The molecule has 0 fully saturated rings. The van der Waals surface area contributed by atoms with Crippen LogP contribution in [0.25, 0.3) is 6.08 Å². The summed E-state index contributed by atoms with van der Waals surface area (Å²) in [6.07, 6.45) is 2.80. The minimum Gasteiger partial charge on any atom is -0.495 e. The SMILES string of the molecule is COc1c(Br)cc(Br)cc1C=CC(=O)NC(=S)Nc1c(Cl)cc(Cl)cc1C(=O)O. The fourth-order valence-electron chi connectivity index (χ4n) is 2.25. The lowest BCUT2D eigenvalue weighted by atomic mass is 10.2. The predicted octanol–water partition coefficient (Wildman–Crippen LogP) is 5.75. The lowest BCUT2D eigenvalue weighted by Crippen LogP contribution is -2.33.